The molecule has 92 valence electrons. The van der Waals surface area contributed by atoms with Gasteiger partial charge in [-0.05, 0) is 52.5 Å². The summed E-state index contributed by atoms with van der Waals surface area (Å²) in [5, 5.41) is 5.78. The molecule has 1 nitrogen and oxygen atoms in total. The van der Waals surface area contributed by atoms with Crippen molar-refractivity contribution in [1.82, 2.24) is 5.32 Å². The third-order valence-electron chi connectivity index (χ3n) is 2.56. The minimum atomic E-state index is 0.459. The van der Waals surface area contributed by atoms with E-state index in [-0.39, 0.29) is 0 Å². The van der Waals surface area contributed by atoms with Gasteiger partial charge in [-0.3, -0.25) is 0 Å². The van der Waals surface area contributed by atoms with Crippen molar-refractivity contribution in [1.29, 1.82) is 0 Å². The van der Waals surface area contributed by atoms with Crippen LogP contribution in [0.15, 0.2) is 33.4 Å². The summed E-state index contributed by atoms with van der Waals surface area (Å²) < 4.78 is 1.22. The number of nitrogens with one attached hydrogen (secondary N) is 1. The average molecular weight is 330 g/mol. The van der Waals surface area contributed by atoms with Crippen molar-refractivity contribution < 1.29 is 0 Å². The molecule has 0 saturated carbocycles. The van der Waals surface area contributed by atoms with Crippen LogP contribution >= 0.6 is 38.6 Å². The van der Waals surface area contributed by atoms with E-state index in [0.29, 0.717) is 6.04 Å². The SMILES string of the molecule is CCCNC(Cc1ccc(Br)s1)c1cccs1. The molecule has 1 N–H and O–H groups in total. The normalized spacial score (nSPS) is 12.8. The van der Waals surface area contributed by atoms with E-state index >= 15 is 0 Å². The number of halogens is 1. The molecule has 0 saturated heterocycles. The van der Waals surface area contributed by atoms with Gasteiger partial charge in [-0.25, -0.2) is 0 Å². The molecular formula is C13H16BrNS2. The zero-order chi connectivity index (χ0) is 12.1. The predicted molar refractivity (Wildman–Crippen MR) is 81.1 cm³/mol. The van der Waals surface area contributed by atoms with E-state index in [1.165, 1.54) is 20.0 Å². The molecule has 0 aliphatic carbocycles. The van der Waals surface area contributed by atoms with Gasteiger partial charge in [0.1, 0.15) is 0 Å². The van der Waals surface area contributed by atoms with Gasteiger partial charge in [0.25, 0.3) is 0 Å². The summed E-state index contributed by atoms with van der Waals surface area (Å²) in [6, 6.07) is 9.15. The molecule has 1 atom stereocenters. The first kappa shape index (κ1) is 13.3. The Morgan fingerprint density at radius 1 is 1.35 bits per heavy atom. The van der Waals surface area contributed by atoms with E-state index in [1.54, 1.807) is 0 Å². The van der Waals surface area contributed by atoms with Crippen LogP contribution in [-0.2, 0) is 6.42 Å². The van der Waals surface area contributed by atoms with Crippen molar-refractivity contribution in [2.24, 2.45) is 0 Å². The van der Waals surface area contributed by atoms with Gasteiger partial charge in [0.05, 0.1) is 3.79 Å². The molecule has 1 unspecified atom stereocenters. The molecule has 0 aliphatic rings. The van der Waals surface area contributed by atoms with Gasteiger partial charge in [0.15, 0.2) is 0 Å². The van der Waals surface area contributed by atoms with E-state index in [1.807, 2.05) is 22.7 Å². The highest BCUT2D eigenvalue weighted by Gasteiger charge is 2.13. The monoisotopic (exact) mass is 329 g/mol. The first-order chi connectivity index (χ1) is 8.29. The van der Waals surface area contributed by atoms with Crippen molar-refractivity contribution in [3.63, 3.8) is 0 Å². The fraction of sp³-hybridized carbons (Fsp3) is 0.385. The maximum Gasteiger partial charge on any atom is 0.0701 e. The van der Waals surface area contributed by atoms with E-state index in [4.69, 9.17) is 0 Å². The smallest absolute Gasteiger partial charge is 0.0701 e. The molecule has 17 heavy (non-hydrogen) atoms. The quantitative estimate of drug-likeness (QED) is 0.798. The topological polar surface area (TPSA) is 12.0 Å². The molecule has 0 spiro atoms. The summed E-state index contributed by atoms with van der Waals surface area (Å²) in [5.41, 5.74) is 0. The number of thiophene rings is 2. The van der Waals surface area contributed by atoms with Crippen LogP contribution in [0.5, 0.6) is 0 Å². The Labute approximate surface area is 119 Å². The van der Waals surface area contributed by atoms with Crippen LogP contribution in [0.1, 0.15) is 29.1 Å². The lowest BCUT2D eigenvalue weighted by Crippen LogP contribution is -2.22. The highest BCUT2D eigenvalue weighted by Crippen LogP contribution is 2.28. The fourth-order valence-corrected chi connectivity index (χ4v) is 4.07. The zero-order valence-corrected chi connectivity index (χ0v) is 13.0. The minimum Gasteiger partial charge on any atom is -0.309 e. The van der Waals surface area contributed by atoms with Crippen LogP contribution in [-0.4, -0.2) is 6.54 Å². The standard InChI is InChI=1S/C13H16BrNS2/c1-2-7-15-11(12-4-3-8-16-12)9-10-5-6-13(14)17-10/h3-6,8,11,15H,2,7,9H2,1H3. The minimum absolute atomic E-state index is 0.459. The van der Waals surface area contributed by atoms with Gasteiger partial charge >= 0.3 is 0 Å². The van der Waals surface area contributed by atoms with E-state index in [0.717, 1.165) is 13.0 Å². The van der Waals surface area contributed by atoms with Gasteiger partial charge in [-0.15, -0.1) is 22.7 Å². The molecule has 2 aromatic heterocycles. The summed E-state index contributed by atoms with van der Waals surface area (Å²) in [7, 11) is 0. The Morgan fingerprint density at radius 3 is 2.82 bits per heavy atom. The maximum absolute atomic E-state index is 3.63. The molecule has 4 heteroatoms. The lowest BCUT2D eigenvalue weighted by molar-refractivity contribution is 0.539. The van der Waals surface area contributed by atoms with E-state index in [2.05, 4.69) is 57.8 Å². The summed E-state index contributed by atoms with van der Waals surface area (Å²) in [5.74, 6) is 0. The van der Waals surface area contributed by atoms with Crippen molar-refractivity contribution in [3.8, 4) is 0 Å². The Kier molecular flexibility index (Phi) is 5.22. The second-order valence-electron chi connectivity index (χ2n) is 3.93. The van der Waals surface area contributed by atoms with Gasteiger partial charge in [-0.1, -0.05) is 13.0 Å². The molecular weight excluding hydrogens is 314 g/mol. The van der Waals surface area contributed by atoms with Crippen LogP contribution in [0.25, 0.3) is 0 Å². The Hall–Kier alpha value is -0.160. The third-order valence-corrected chi connectivity index (χ3v) is 5.19. The zero-order valence-electron chi connectivity index (χ0n) is 9.78. The summed E-state index contributed by atoms with van der Waals surface area (Å²) in [6.07, 6.45) is 2.26. The second-order valence-corrected chi connectivity index (χ2v) is 7.46. The summed E-state index contributed by atoms with van der Waals surface area (Å²) in [6.45, 7) is 3.29. The number of hydrogen-bond donors (Lipinski definition) is 1. The van der Waals surface area contributed by atoms with Crippen molar-refractivity contribution in [2.75, 3.05) is 6.54 Å². The molecule has 0 aromatic carbocycles. The van der Waals surface area contributed by atoms with Gasteiger partial charge in [-0.2, -0.15) is 0 Å². The van der Waals surface area contributed by atoms with E-state index < -0.39 is 0 Å². The maximum atomic E-state index is 3.63. The number of rotatable bonds is 6. The lowest BCUT2D eigenvalue weighted by Gasteiger charge is -2.16. The van der Waals surface area contributed by atoms with Crippen LogP contribution in [0.2, 0.25) is 0 Å². The first-order valence-electron chi connectivity index (χ1n) is 5.80. The van der Waals surface area contributed by atoms with Gasteiger partial charge < -0.3 is 5.32 Å². The molecule has 0 aliphatic heterocycles. The Morgan fingerprint density at radius 2 is 2.24 bits per heavy atom. The van der Waals surface area contributed by atoms with Gasteiger partial charge in [0, 0.05) is 22.2 Å². The third kappa shape index (κ3) is 3.91. The van der Waals surface area contributed by atoms with Crippen LogP contribution in [0.4, 0.5) is 0 Å². The van der Waals surface area contributed by atoms with Crippen molar-refractivity contribution in [2.45, 2.75) is 25.8 Å². The second kappa shape index (κ2) is 6.69. The highest BCUT2D eigenvalue weighted by atomic mass is 79.9. The molecule has 2 heterocycles. The Balaban J connectivity index is 2.05. The van der Waals surface area contributed by atoms with E-state index in [9.17, 15) is 0 Å². The predicted octanol–water partition coefficient (Wildman–Crippen LogP) is 4.86. The van der Waals surface area contributed by atoms with Crippen LogP contribution in [0, 0.1) is 0 Å². The largest absolute Gasteiger partial charge is 0.309 e. The fourth-order valence-electron chi connectivity index (χ4n) is 1.74. The average Bonchev–Trinajstić information content (AvgIpc) is 2.95. The molecule has 0 bridgehead atoms. The van der Waals surface area contributed by atoms with Crippen molar-refractivity contribution >= 4 is 38.6 Å². The molecule has 0 radical (unpaired) electrons. The van der Waals surface area contributed by atoms with Gasteiger partial charge in [0.2, 0.25) is 0 Å². The Bertz CT molecular complexity index is 436. The molecule has 0 amide bonds. The van der Waals surface area contributed by atoms with Crippen LogP contribution < -0.4 is 5.32 Å². The molecule has 0 fully saturated rings. The number of hydrogen-bond acceptors (Lipinski definition) is 3. The highest BCUT2D eigenvalue weighted by molar-refractivity contribution is 9.11. The van der Waals surface area contributed by atoms with Crippen molar-refractivity contribution in [3.05, 3.63) is 43.2 Å². The summed E-state index contributed by atoms with van der Waals surface area (Å²) in [4.78, 5) is 2.86. The molecule has 2 rings (SSSR count). The molecule has 2 aromatic rings. The van der Waals surface area contributed by atoms with Crippen LogP contribution in [0.3, 0.4) is 0 Å². The lowest BCUT2D eigenvalue weighted by atomic mass is 10.1. The summed E-state index contributed by atoms with van der Waals surface area (Å²) >= 11 is 7.19. The first-order valence-corrected chi connectivity index (χ1v) is 8.29.